The van der Waals surface area contributed by atoms with Crippen LogP contribution < -0.4 is 5.32 Å². The number of aliphatic hydroxyl groups is 1. The summed E-state index contributed by atoms with van der Waals surface area (Å²) in [7, 11) is 0. The summed E-state index contributed by atoms with van der Waals surface area (Å²) in [6, 6.07) is 8.48. The SMILES string of the molecule is OC(CCl)CNc1ccc(CCN2CCCCC2)cc1. The van der Waals surface area contributed by atoms with Crippen LogP contribution in [0.5, 0.6) is 0 Å². The van der Waals surface area contributed by atoms with Gasteiger partial charge in [0.15, 0.2) is 0 Å². The lowest BCUT2D eigenvalue weighted by atomic mass is 10.1. The highest BCUT2D eigenvalue weighted by molar-refractivity contribution is 6.18. The van der Waals surface area contributed by atoms with E-state index in [1.165, 1.54) is 37.9 Å². The molecule has 0 amide bonds. The topological polar surface area (TPSA) is 35.5 Å². The maximum Gasteiger partial charge on any atom is 0.0847 e. The Hall–Kier alpha value is -0.770. The molecular weight excluding hydrogens is 272 g/mol. The molecule has 0 aliphatic carbocycles. The van der Waals surface area contributed by atoms with Gasteiger partial charge in [-0.3, -0.25) is 0 Å². The minimum atomic E-state index is -0.490. The first-order chi connectivity index (χ1) is 9.78. The Morgan fingerprint density at radius 1 is 1.15 bits per heavy atom. The van der Waals surface area contributed by atoms with Crippen LogP contribution >= 0.6 is 11.6 Å². The average molecular weight is 297 g/mol. The second-order valence-electron chi connectivity index (χ2n) is 5.54. The van der Waals surface area contributed by atoms with Crippen LogP contribution in [0, 0.1) is 0 Å². The van der Waals surface area contributed by atoms with Gasteiger partial charge in [-0.15, -0.1) is 11.6 Å². The molecule has 3 nitrogen and oxygen atoms in total. The number of nitrogens with one attached hydrogen (secondary N) is 1. The number of hydrogen-bond donors (Lipinski definition) is 2. The van der Waals surface area contributed by atoms with E-state index in [2.05, 4.69) is 34.5 Å². The summed E-state index contributed by atoms with van der Waals surface area (Å²) >= 11 is 5.56. The molecule has 1 saturated heterocycles. The number of halogens is 1. The van der Waals surface area contributed by atoms with Gasteiger partial charge in [0.25, 0.3) is 0 Å². The molecular formula is C16H25ClN2O. The normalized spacial score (nSPS) is 17.9. The molecule has 2 rings (SSSR count). The van der Waals surface area contributed by atoms with Crippen molar-refractivity contribution in [2.24, 2.45) is 0 Å². The highest BCUT2D eigenvalue weighted by Crippen LogP contribution is 2.13. The minimum absolute atomic E-state index is 0.265. The van der Waals surface area contributed by atoms with E-state index in [1.807, 2.05) is 0 Å². The molecule has 1 aromatic carbocycles. The average Bonchev–Trinajstić information content (AvgIpc) is 2.52. The minimum Gasteiger partial charge on any atom is -0.390 e. The zero-order chi connectivity index (χ0) is 14.2. The van der Waals surface area contributed by atoms with Crippen LogP contribution in [-0.4, -0.2) is 48.2 Å². The van der Waals surface area contributed by atoms with Gasteiger partial charge in [0.05, 0.1) is 12.0 Å². The Labute approximate surface area is 126 Å². The van der Waals surface area contributed by atoms with Crippen LogP contribution in [0.2, 0.25) is 0 Å². The molecule has 1 heterocycles. The summed E-state index contributed by atoms with van der Waals surface area (Å²) in [5.41, 5.74) is 2.41. The summed E-state index contributed by atoms with van der Waals surface area (Å²) in [5.74, 6) is 0.265. The zero-order valence-corrected chi connectivity index (χ0v) is 12.8. The zero-order valence-electron chi connectivity index (χ0n) is 12.0. The van der Waals surface area contributed by atoms with E-state index < -0.39 is 6.10 Å². The predicted octanol–water partition coefficient (Wildman–Crippen LogP) is 2.73. The highest BCUT2D eigenvalue weighted by Gasteiger charge is 2.09. The molecule has 1 fully saturated rings. The summed E-state index contributed by atoms with van der Waals surface area (Å²) in [6.07, 6.45) is 4.73. The molecule has 1 atom stereocenters. The number of piperidine rings is 1. The fourth-order valence-corrected chi connectivity index (χ4v) is 2.66. The van der Waals surface area contributed by atoms with Crippen molar-refractivity contribution in [3.05, 3.63) is 29.8 Å². The van der Waals surface area contributed by atoms with Gasteiger partial charge in [0.2, 0.25) is 0 Å². The fraction of sp³-hybridized carbons (Fsp3) is 0.625. The van der Waals surface area contributed by atoms with Crippen molar-refractivity contribution in [3.63, 3.8) is 0 Å². The van der Waals surface area contributed by atoms with Gasteiger partial charge in [-0.1, -0.05) is 18.6 Å². The Bertz CT molecular complexity index is 377. The van der Waals surface area contributed by atoms with Crippen LogP contribution in [-0.2, 0) is 6.42 Å². The lowest BCUT2D eigenvalue weighted by molar-refractivity contribution is 0.211. The molecule has 0 radical (unpaired) electrons. The van der Waals surface area contributed by atoms with Crippen LogP contribution in [0.4, 0.5) is 5.69 Å². The van der Waals surface area contributed by atoms with Crippen LogP contribution in [0.1, 0.15) is 24.8 Å². The van der Waals surface area contributed by atoms with Gasteiger partial charge in [0.1, 0.15) is 0 Å². The Balaban J connectivity index is 1.73. The molecule has 0 aromatic heterocycles. The molecule has 0 saturated carbocycles. The molecule has 1 aliphatic rings. The lowest BCUT2D eigenvalue weighted by Crippen LogP contribution is -2.31. The number of benzene rings is 1. The fourth-order valence-electron chi connectivity index (χ4n) is 2.55. The molecule has 2 N–H and O–H groups in total. The third-order valence-electron chi connectivity index (χ3n) is 3.84. The van der Waals surface area contributed by atoms with Gasteiger partial charge in [0, 0.05) is 18.8 Å². The van der Waals surface area contributed by atoms with E-state index in [0.717, 1.165) is 18.7 Å². The molecule has 112 valence electrons. The van der Waals surface area contributed by atoms with E-state index >= 15 is 0 Å². The summed E-state index contributed by atoms with van der Waals surface area (Å²) in [5, 5.41) is 12.6. The highest BCUT2D eigenvalue weighted by atomic mass is 35.5. The summed E-state index contributed by atoms with van der Waals surface area (Å²) < 4.78 is 0. The number of anilines is 1. The third kappa shape index (κ3) is 5.31. The lowest BCUT2D eigenvalue weighted by Gasteiger charge is -2.26. The van der Waals surface area contributed by atoms with Gasteiger partial charge >= 0.3 is 0 Å². The van der Waals surface area contributed by atoms with E-state index in [1.54, 1.807) is 0 Å². The second-order valence-corrected chi connectivity index (χ2v) is 5.85. The number of nitrogens with zero attached hydrogens (tertiary/aromatic N) is 1. The number of hydrogen-bond acceptors (Lipinski definition) is 3. The maximum absolute atomic E-state index is 9.40. The maximum atomic E-state index is 9.40. The predicted molar refractivity (Wildman–Crippen MR) is 85.7 cm³/mol. The van der Waals surface area contributed by atoms with Gasteiger partial charge in [-0.05, 0) is 50.0 Å². The number of aliphatic hydroxyl groups excluding tert-OH is 1. The molecule has 20 heavy (non-hydrogen) atoms. The molecule has 0 bridgehead atoms. The summed E-state index contributed by atoms with van der Waals surface area (Å²) in [4.78, 5) is 2.56. The monoisotopic (exact) mass is 296 g/mol. The smallest absolute Gasteiger partial charge is 0.0847 e. The van der Waals surface area contributed by atoms with Crippen molar-refractivity contribution < 1.29 is 5.11 Å². The largest absolute Gasteiger partial charge is 0.390 e. The third-order valence-corrected chi connectivity index (χ3v) is 4.20. The number of likely N-dealkylation sites (tertiary alicyclic amines) is 1. The molecule has 0 spiro atoms. The van der Waals surface area contributed by atoms with Crippen molar-refractivity contribution in [2.75, 3.05) is 37.4 Å². The van der Waals surface area contributed by atoms with Crippen molar-refractivity contribution in [2.45, 2.75) is 31.8 Å². The number of alkyl halides is 1. The van der Waals surface area contributed by atoms with Gasteiger partial charge in [-0.2, -0.15) is 0 Å². The van der Waals surface area contributed by atoms with Crippen molar-refractivity contribution in [3.8, 4) is 0 Å². The Morgan fingerprint density at radius 2 is 1.85 bits per heavy atom. The summed E-state index contributed by atoms with van der Waals surface area (Å²) in [6.45, 7) is 4.18. The first-order valence-corrected chi connectivity index (χ1v) is 8.10. The van der Waals surface area contributed by atoms with Crippen molar-refractivity contribution in [1.82, 2.24) is 4.90 Å². The van der Waals surface area contributed by atoms with Crippen LogP contribution in [0.3, 0.4) is 0 Å². The molecule has 4 heteroatoms. The van der Waals surface area contributed by atoms with Crippen LogP contribution in [0.15, 0.2) is 24.3 Å². The second kappa shape index (κ2) is 8.50. The molecule has 1 aromatic rings. The van der Waals surface area contributed by atoms with E-state index in [0.29, 0.717) is 6.54 Å². The van der Waals surface area contributed by atoms with E-state index in [4.69, 9.17) is 11.6 Å². The van der Waals surface area contributed by atoms with Gasteiger partial charge in [-0.25, -0.2) is 0 Å². The first kappa shape index (κ1) is 15.6. The van der Waals surface area contributed by atoms with Crippen molar-refractivity contribution in [1.29, 1.82) is 0 Å². The standard InChI is InChI=1S/C16H25ClN2O/c17-12-16(20)13-18-15-6-4-14(5-7-15)8-11-19-9-2-1-3-10-19/h4-7,16,18,20H,1-3,8-13H2. The van der Waals surface area contributed by atoms with Crippen molar-refractivity contribution >= 4 is 17.3 Å². The van der Waals surface area contributed by atoms with E-state index in [9.17, 15) is 5.11 Å². The van der Waals surface area contributed by atoms with Gasteiger partial charge < -0.3 is 15.3 Å². The Kier molecular flexibility index (Phi) is 6.64. The number of rotatable bonds is 7. The quantitative estimate of drug-likeness (QED) is 0.760. The Morgan fingerprint density at radius 3 is 2.50 bits per heavy atom. The van der Waals surface area contributed by atoms with E-state index in [-0.39, 0.29) is 5.88 Å². The molecule has 1 unspecified atom stereocenters. The van der Waals surface area contributed by atoms with Crippen LogP contribution in [0.25, 0.3) is 0 Å². The first-order valence-electron chi connectivity index (χ1n) is 7.57. The molecule has 1 aliphatic heterocycles.